The van der Waals surface area contributed by atoms with Crippen molar-refractivity contribution in [2.24, 2.45) is 5.73 Å². The van der Waals surface area contributed by atoms with Gasteiger partial charge in [-0.25, -0.2) is 9.55 Å². The first-order valence-electron chi connectivity index (χ1n) is 6.27. The Morgan fingerprint density at radius 1 is 1.55 bits per heavy atom. The van der Waals surface area contributed by atoms with E-state index in [9.17, 15) is 14.8 Å². The number of rotatable bonds is 5. The second-order valence-electron chi connectivity index (χ2n) is 4.84. The maximum Gasteiger partial charge on any atom is 0.469 e. The van der Waals surface area contributed by atoms with E-state index in [1.165, 1.54) is 17.1 Å². The van der Waals surface area contributed by atoms with E-state index in [1.807, 2.05) is 0 Å². The number of nitrogens with one attached hydrogen (secondary N) is 1. The SMILES string of the molecule is N=C(N)c1cn(C2OC(COP(=O)(O)O)[C@H](O)C[C@H]2O)cn1. The summed E-state index contributed by atoms with van der Waals surface area (Å²) in [7, 11) is -4.69. The zero-order chi connectivity index (χ0) is 16.5. The second kappa shape index (κ2) is 6.42. The van der Waals surface area contributed by atoms with E-state index in [0.717, 1.165) is 0 Å². The van der Waals surface area contributed by atoms with Crippen LogP contribution in [0.2, 0.25) is 0 Å². The van der Waals surface area contributed by atoms with Crippen molar-refractivity contribution in [1.29, 1.82) is 5.41 Å². The van der Waals surface area contributed by atoms with Gasteiger partial charge in [0.05, 0.1) is 19.0 Å². The average molecular weight is 336 g/mol. The van der Waals surface area contributed by atoms with Crippen LogP contribution in [0.15, 0.2) is 12.5 Å². The third-order valence-electron chi connectivity index (χ3n) is 3.13. The highest BCUT2D eigenvalue weighted by Gasteiger charge is 2.38. The van der Waals surface area contributed by atoms with Gasteiger partial charge in [-0.1, -0.05) is 0 Å². The Morgan fingerprint density at radius 3 is 2.77 bits per heavy atom. The molecule has 11 nitrogen and oxygen atoms in total. The molecule has 0 radical (unpaired) electrons. The Hall–Kier alpha value is -1.33. The third kappa shape index (κ3) is 4.11. The lowest BCUT2D eigenvalue weighted by Gasteiger charge is -2.37. The third-order valence-corrected chi connectivity index (χ3v) is 3.62. The number of aliphatic hydroxyl groups excluding tert-OH is 2. The minimum absolute atomic E-state index is 0.0760. The van der Waals surface area contributed by atoms with E-state index < -0.39 is 39.0 Å². The van der Waals surface area contributed by atoms with Crippen LogP contribution < -0.4 is 5.73 Å². The monoisotopic (exact) mass is 336 g/mol. The van der Waals surface area contributed by atoms with E-state index in [1.54, 1.807) is 0 Å². The van der Waals surface area contributed by atoms with Gasteiger partial charge in [0.2, 0.25) is 0 Å². The fraction of sp³-hybridized carbons (Fsp3) is 0.600. The molecule has 12 heteroatoms. The summed E-state index contributed by atoms with van der Waals surface area (Å²) >= 11 is 0. The molecule has 1 aromatic heterocycles. The fourth-order valence-corrected chi connectivity index (χ4v) is 2.42. The summed E-state index contributed by atoms with van der Waals surface area (Å²) in [6.07, 6.45) is -1.60. The Labute approximate surface area is 125 Å². The van der Waals surface area contributed by atoms with Crippen LogP contribution >= 0.6 is 7.82 Å². The normalized spacial score (nSPS) is 29.5. The number of aliphatic hydroxyl groups is 2. The molecule has 2 rings (SSSR count). The smallest absolute Gasteiger partial charge is 0.390 e. The summed E-state index contributed by atoms with van der Waals surface area (Å²) in [6.45, 7) is -0.539. The highest BCUT2D eigenvalue weighted by molar-refractivity contribution is 7.46. The zero-order valence-electron chi connectivity index (χ0n) is 11.3. The standard InChI is InChI=1S/C10H17N4O7P/c11-9(12)5-2-14(4-13-5)10-7(16)1-6(15)8(21-10)3-20-22(17,18)19/h2,4,6-8,10,15-16H,1,3H2,(H3,11,12)(H2,17,18,19)/t6-,7-,8?,10?/m1/s1. The number of phosphoric acid groups is 1. The van der Waals surface area contributed by atoms with Crippen LogP contribution in [0.5, 0.6) is 0 Å². The number of phosphoric ester groups is 1. The van der Waals surface area contributed by atoms with Crippen molar-refractivity contribution in [1.82, 2.24) is 9.55 Å². The minimum Gasteiger partial charge on any atom is -0.390 e. The maximum absolute atomic E-state index is 10.7. The van der Waals surface area contributed by atoms with Crippen LogP contribution in [0.4, 0.5) is 0 Å². The summed E-state index contributed by atoms with van der Waals surface area (Å²) in [5, 5.41) is 27.0. The molecule has 0 saturated carbocycles. The van der Waals surface area contributed by atoms with Gasteiger partial charge in [-0.15, -0.1) is 0 Å². The average Bonchev–Trinajstić information content (AvgIpc) is 2.86. The van der Waals surface area contributed by atoms with Gasteiger partial charge in [-0.2, -0.15) is 0 Å². The number of ether oxygens (including phenoxy) is 1. The first kappa shape index (κ1) is 17.0. The van der Waals surface area contributed by atoms with E-state index in [0.29, 0.717) is 0 Å². The van der Waals surface area contributed by atoms with Gasteiger partial charge in [0.1, 0.15) is 23.7 Å². The van der Waals surface area contributed by atoms with Gasteiger partial charge in [-0.3, -0.25) is 9.93 Å². The van der Waals surface area contributed by atoms with Crippen LogP contribution in [0.3, 0.4) is 0 Å². The van der Waals surface area contributed by atoms with E-state index in [4.69, 9.17) is 25.7 Å². The molecule has 7 N–H and O–H groups in total. The summed E-state index contributed by atoms with van der Waals surface area (Å²) in [4.78, 5) is 21.2. The lowest BCUT2D eigenvalue weighted by Crippen LogP contribution is -2.46. The van der Waals surface area contributed by atoms with E-state index in [2.05, 4.69) is 9.51 Å². The number of amidine groups is 1. The Kier molecular flexibility index (Phi) is 4.97. The molecule has 0 aliphatic carbocycles. The van der Waals surface area contributed by atoms with Crippen molar-refractivity contribution < 1.29 is 33.8 Å². The number of nitrogen functional groups attached to an aromatic ring is 1. The topological polar surface area (TPSA) is 184 Å². The molecule has 2 heterocycles. The number of nitrogens with zero attached hydrogens (tertiary/aromatic N) is 2. The molecule has 22 heavy (non-hydrogen) atoms. The van der Waals surface area contributed by atoms with Gasteiger partial charge in [0.25, 0.3) is 0 Å². The quantitative estimate of drug-likeness (QED) is 0.207. The molecule has 1 aliphatic heterocycles. The molecule has 1 fully saturated rings. The summed E-state index contributed by atoms with van der Waals surface area (Å²) < 4.78 is 21.8. The first-order valence-corrected chi connectivity index (χ1v) is 7.80. The number of nitrogens with two attached hydrogens (primary N) is 1. The molecule has 0 spiro atoms. The lowest BCUT2D eigenvalue weighted by atomic mass is 10.0. The Morgan fingerprint density at radius 2 is 2.23 bits per heavy atom. The fourth-order valence-electron chi connectivity index (χ4n) is 2.08. The molecular formula is C10H17N4O7P. The highest BCUT2D eigenvalue weighted by Crippen LogP contribution is 2.37. The van der Waals surface area contributed by atoms with E-state index in [-0.39, 0.29) is 18.0 Å². The van der Waals surface area contributed by atoms with Crippen molar-refractivity contribution in [2.45, 2.75) is 31.0 Å². The van der Waals surface area contributed by atoms with Crippen LogP contribution in [-0.2, 0) is 13.8 Å². The Bertz CT molecular complexity index is 588. The largest absolute Gasteiger partial charge is 0.469 e. The molecule has 0 aromatic carbocycles. The van der Waals surface area contributed by atoms with Gasteiger partial charge >= 0.3 is 7.82 Å². The molecule has 1 aliphatic rings. The van der Waals surface area contributed by atoms with Crippen LogP contribution in [0.1, 0.15) is 18.3 Å². The lowest BCUT2D eigenvalue weighted by molar-refractivity contribution is -0.205. The van der Waals surface area contributed by atoms with Crippen molar-refractivity contribution in [3.63, 3.8) is 0 Å². The number of hydrogen-bond donors (Lipinski definition) is 6. The van der Waals surface area contributed by atoms with E-state index >= 15 is 0 Å². The maximum atomic E-state index is 10.7. The molecule has 0 bridgehead atoms. The van der Waals surface area contributed by atoms with Crippen LogP contribution in [0.25, 0.3) is 0 Å². The van der Waals surface area contributed by atoms with Crippen molar-refractivity contribution in [2.75, 3.05) is 6.61 Å². The predicted molar refractivity (Wildman–Crippen MR) is 71.8 cm³/mol. The molecule has 124 valence electrons. The number of imidazole rings is 1. The molecule has 4 atom stereocenters. The highest BCUT2D eigenvalue weighted by atomic mass is 31.2. The summed E-state index contributed by atoms with van der Waals surface area (Å²) in [5.41, 5.74) is 5.48. The van der Waals surface area contributed by atoms with Crippen LogP contribution in [0, 0.1) is 5.41 Å². The molecule has 2 unspecified atom stereocenters. The van der Waals surface area contributed by atoms with Crippen molar-refractivity contribution in [3.8, 4) is 0 Å². The Balaban J connectivity index is 2.10. The van der Waals surface area contributed by atoms with Crippen molar-refractivity contribution in [3.05, 3.63) is 18.2 Å². The number of hydrogen-bond acceptors (Lipinski definition) is 7. The van der Waals surface area contributed by atoms with Crippen molar-refractivity contribution >= 4 is 13.7 Å². The predicted octanol–water partition coefficient (Wildman–Crippen LogP) is -1.71. The van der Waals surface area contributed by atoms with Gasteiger partial charge < -0.3 is 35.0 Å². The molecule has 1 aromatic rings. The van der Waals surface area contributed by atoms with Gasteiger partial charge in [0.15, 0.2) is 6.23 Å². The summed E-state index contributed by atoms with van der Waals surface area (Å²) in [6, 6.07) is 0. The molecular weight excluding hydrogens is 319 g/mol. The first-order chi connectivity index (χ1) is 10.2. The van der Waals surface area contributed by atoms with Crippen LogP contribution in [-0.4, -0.2) is 60.3 Å². The summed E-state index contributed by atoms with van der Waals surface area (Å²) in [5.74, 6) is -0.259. The second-order valence-corrected chi connectivity index (χ2v) is 6.08. The van der Waals surface area contributed by atoms with Gasteiger partial charge in [0, 0.05) is 12.6 Å². The minimum atomic E-state index is -4.69. The molecule has 0 amide bonds. The number of aromatic nitrogens is 2. The molecule has 1 saturated heterocycles. The zero-order valence-corrected chi connectivity index (χ0v) is 12.2. The van der Waals surface area contributed by atoms with Gasteiger partial charge in [-0.05, 0) is 0 Å².